The molecule has 1 aliphatic rings. The predicted molar refractivity (Wildman–Crippen MR) is 131 cm³/mol. The maximum atomic E-state index is 4.66. The van der Waals surface area contributed by atoms with Crippen molar-refractivity contribution < 1.29 is 0 Å². The van der Waals surface area contributed by atoms with E-state index in [0.717, 1.165) is 50.4 Å². The van der Waals surface area contributed by atoms with Crippen LogP contribution in [-0.4, -0.2) is 62.2 Å². The summed E-state index contributed by atoms with van der Waals surface area (Å²) in [6.07, 6.45) is 5.67. The Hall–Kier alpha value is -1.09. The largest absolute Gasteiger partial charge is 0.354 e. The molecular weight excluding hydrogens is 463 g/mol. The van der Waals surface area contributed by atoms with E-state index in [1.54, 1.807) is 0 Å². The van der Waals surface area contributed by atoms with Gasteiger partial charge in [-0.1, -0.05) is 32.8 Å². The second-order valence-electron chi connectivity index (χ2n) is 8.11. The Balaban J connectivity index is 0.00000392. The lowest BCUT2D eigenvalue weighted by atomic mass is 10.0. The van der Waals surface area contributed by atoms with Crippen LogP contribution in [0.15, 0.2) is 23.3 Å². The van der Waals surface area contributed by atoms with Crippen molar-refractivity contribution in [2.24, 2.45) is 10.9 Å². The average Bonchev–Trinajstić information content (AvgIpc) is 2.66. The van der Waals surface area contributed by atoms with E-state index in [9.17, 15) is 0 Å². The number of guanidine groups is 1. The molecule has 0 aromatic carbocycles. The number of nitrogens with one attached hydrogen (secondary N) is 2. The molecule has 6 nitrogen and oxygen atoms in total. The van der Waals surface area contributed by atoms with Gasteiger partial charge in [-0.2, -0.15) is 0 Å². The molecule has 160 valence electrons. The highest BCUT2D eigenvalue weighted by Gasteiger charge is 2.15. The molecule has 28 heavy (non-hydrogen) atoms. The Morgan fingerprint density at radius 2 is 1.86 bits per heavy atom. The Morgan fingerprint density at radius 1 is 1.14 bits per heavy atom. The Morgan fingerprint density at radius 3 is 2.43 bits per heavy atom. The van der Waals surface area contributed by atoms with Gasteiger partial charge in [-0.25, -0.2) is 4.98 Å². The van der Waals surface area contributed by atoms with Crippen molar-refractivity contribution in [3.8, 4) is 0 Å². The molecule has 1 aliphatic heterocycles. The SMILES string of the molecule is CN=C(NCc1ccc(N2CCN(C)CC2)nc1)NC(C)CCCC(C)C.I. The van der Waals surface area contributed by atoms with Gasteiger partial charge >= 0.3 is 0 Å². The van der Waals surface area contributed by atoms with Gasteiger partial charge < -0.3 is 20.4 Å². The summed E-state index contributed by atoms with van der Waals surface area (Å²) < 4.78 is 0. The van der Waals surface area contributed by atoms with E-state index >= 15 is 0 Å². The zero-order valence-electron chi connectivity index (χ0n) is 18.2. The van der Waals surface area contributed by atoms with Gasteiger partial charge in [-0.05, 0) is 37.9 Å². The fraction of sp³-hybridized carbons (Fsp3) is 0.714. The van der Waals surface area contributed by atoms with Crippen molar-refractivity contribution >= 4 is 35.8 Å². The number of hydrogen-bond acceptors (Lipinski definition) is 4. The van der Waals surface area contributed by atoms with Crippen LogP contribution >= 0.6 is 24.0 Å². The van der Waals surface area contributed by atoms with E-state index in [-0.39, 0.29) is 24.0 Å². The van der Waals surface area contributed by atoms with Gasteiger partial charge in [0.15, 0.2) is 5.96 Å². The molecule has 0 spiro atoms. The Kier molecular flexibility index (Phi) is 11.8. The topological polar surface area (TPSA) is 55.8 Å². The molecule has 0 aliphatic carbocycles. The van der Waals surface area contributed by atoms with Crippen LogP contribution in [-0.2, 0) is 6.54 Å². The van der Waals surface area contributed by atoms with Crippen molar-refractivity contribution in [2.75, 3.05) is 45.2 Å². The molecule has 0 bridgehead atoms. The first-order valence-electron chi connectivity index (χ1n) is 10.3. The number of nitrogens with zero attached hydrogens (tertiary/aromatic N) is 4. The third-order valence-electron chi connectivity index (χ3n) is 5.12. The smallest absolute Gasteiger partial charge is 0.191 e. The van der Waals surface area contributed by atoms with Crippen LogP contribution in [0, 0.1) is 5.92 Å². The van der Waals surface area contributed by atoms with Crippen LogP contribution < -0.4 is 15.5 Å². The number of aromatic nitrogens is 1. The fourth-order valence-corrected chi connectivity index (χ4v) is 3.26. The highest BCUT2D eigenvalue weighted by molar-refractivity contribution is 14.0. The highest BCUT2D eigenvalue weighted by atomic mass is 127. The summed E-state index contributed by atoms with van der Waals surface area (Å²) in [5, 5.41) is 6.88. The predicted octanol–water partition coefficient (Wildman–Crippen LogP) is 3.33. The minimum atomic E-state index is 0. The second kappa shape index (κ2) is 13.2. The summed E-state index contributed by atoms with van der Waals surface area (Å²) in [4.78, 5) is 13.7. The number of hydrogen-bond donors (Lipinski definition) is 2. The molecule has 0 radical (unpaired) electrons. The van der Waals surface area contributed by atoms with Crippen LogP contribution in [0.4, 0.5) is 5.82 Å². The van der Waals surface area contributed by atoms with Crippen molar-refractivity contribution in [2.45, 2.75) is 52.6 Å². The van der Waals surface area contributed by atoms with E-state index in [1.807, 2.05) is 13.2 Å². The van der Waals surface area contributed by atoms with Gasteiger partial charge in [-0.15, -0.1) is 24.0 Å². The Bertz CT molecular complexity index is 567. The van der Waals surface area contributed by atoms with E-state index in [0.29, 0.717) is 6.04 Å². The zero-order chi connectivity index (χ0) is 19.6. The van der Waals surface area contributed by atoms with Gasteiger partial charge in [0.1, 0.15) is 5.82 Å². The summed E-state index contributed by atoms with van der Waals surface area (Å²) in [6.45, 7) is 11.8. The lowest BCUT2D eigenvalue weighted by Gasteiger charge is -2.33. The van der Waals surface area contributed by atoms with E-state index in [4.69, 9.17) is 0 Å². The van der Waals surface area contributed by atoms with Crippen molar-refractivity contribution in [3.05, 3.63) is 23.9 Å². The second-order valence-corrected chi connectivity index (χ2v) is 8.11. The number of pyridine rings is 1. The minimum Gasteiger partial charge on any atom is -0.354 e. The molecule has 2 N–H and O–H groups in total. The van der Waals surface area contributed by atoms with Crippen LogP contribution in [0.25, 0.3) is 0 Å². The van der Waals surface area contributed by atoms with Crippen LogP contribution in [0.3, 0.4) is 0 Å². The fourth-order valence-electron chi connectivity index (χ4n) is 3.26. The van der Waals surface area contributed by atoms with Crippen molar-refractivity contribution in [1.82, 2.24) is 20.5 Å². The third-order valence-corrected chi connectivity index (χ3v) is 5.12. The molecule has 1 atom stereocenters. The maximum Gasteiger partial charge on any atom is 0.191 e. The van der Waals surface area contributed by atoms with Crippen molar-refractivity contribution in [1.29, 1.82) is 0 Å². The first-order valence-corrected chi connectivity index (χ1v) is 10.3. The lowest BCUT2D eigenvalue weighted by Crippen LogP contribution is -2.44. The van der Waals surface area contributed by atoms with Crippen molar-refractivity contribution in [3.63, 3.8) is 0 Å². The van der Waals surface area contributed by atoms with Crippen LogP contribution in [0.5, 0.6) is 0 Å². The average molecular weight is 502 g/mol. The minimum absolute atomic E-state index is 0. The van der Waals surface area contributed by atoms with Gasteiger partial charge in [0.25, 0.3) is 0 Å². The third kappa shape index (κ3) is 8.94. The number of rotatable bonds is 8. The van der Waals surface area contributed by atoms with E-state index in [2.05, 4.69) is 70.4 Å². The number of anilines is 1. The first-order chi connectivity index (χ1) is 13.0. The Labute approximate surface area is 188 Å². The molecule has 7 heteroatoms. The van der Waals surface area contributed by atoms with Gasteiger partial charge in [0.05, 0.1) is 0 Å². The molecule has 1 aromatic heterocycles. The van der Waals surface area contributed by atoms with Gasteiger partial charge in [-0.3, -0.25) is 4.99 Å². The summed E-state index contributed by atoms with van der Waals surface area (Å²) in [5.74, 6) is 2.71. The molecule has 0 amide bonds. The number of likely N-dealkylation sites (N-methyl/N-ethyl adjacent to an activating group) is 1. The molecule has 1 saturated heterocycles. The van der Waals surface area contributed by atoms with E-state index < -0.39 is 0 Å². The standard InChI is InChI=1S/C21H38N6.HI/c1-17(2)7-6-8-18(3)25-21(22-4)24-16-19-9-10-20(23-15-19)27-13-11-26(5)12-14-27;/h9-10,15,17-18H,6-8,11-14,16H2,1-5H3,(H2,22,24,25);1H. The van der Waals surface area contributed by atoms with E-state index in [1.165, 1.54) is 24.8 Å². The first kappa shape index (κ1) is 24.9. The molecule has 1 fully saturated rings. The number of aliphatic imine (C=N–C) groups is 1. The lowest BCUT2D eigenvalue weighted by molar-refractivity contribution is 0.312. The molecular formula is C21H39IN6. The summed E-state index contributed by atoms with van der Waals surface area (Å²) >= 11 is 0. The number of halogens is 1. The highest BCUT2D eigenvalue weighted by Crippen LogP contribution is 2.13. The van der Waals surface area contributed by atoms with Crippen LogP contribution in [0.2, 0.25) is 0 Å². The van der Waals surface area contributed by atoms with Crippen LogP contribution in [0.1, 0.15) is 45.6 Å². The molecule has 2 heterocycles. The summed E-state index contributed by atoms with van der Waals surface area (Å²) in [7, 11) is 4.00. The monoisotopic (exact) mass is 502 g/mol. The molecule has 1 unspecified atom stereocenters. The van der Waals surface area contributed by atoms with Gasteiger partial charge in [0.2, 0.25) is 0 Å². The summed E-state index contributed by atoms with van der Waals surface area (Å²) in [6, 6.07) is 4.72. The summed E-state index contributed by atoms with van der Waals surface area (Å²) in [5.41, 5.74) is 1.17. The molecule has 2 rings (SSSR count). The molecule has 1 aromatic rings. The maximum absolute atomic E-state index is 4.66. The quantitative estimate of drug-likeness (QED) is 0.325. The van der Waals surface area contributed by atoms with Gasteiger partial charge in [0, 0.05) is 52.0 Å². The molecule has 0 saturated carbocycles. The normalized spacial score (nSPS) is 16.6. The zero-order valence-corrected chi connectivity index (χ0v) is 20.6. The number of piperazine rings is 1.